The molecule has 2 rings (SSSR count). The fourth-order valence-electron chi connectivity index (χ4n) is 2.66. The third kappa shape index (κ3) is 4.28. The molecular formula is C18H26N4O2. The van der Waals surface area contributed by atoms with Crippen molar-refractivity contribution in [2.24, 2.45) is 7.05 Å². The minimum Gasteiger partial charge on any atom is -0.497 e. The van der Waals surface area contributed by atoms with E-state index in [-0.39, 0.29) is 6.03 Å². The van der Waals surface area contributed by atoms with E-state index in [9.17, 15) is 4.79 Å². The lowest BCUT2D eigenvalue weighted by Gasteiger charge is -2.18. The Morgan fingerprint density at radius 2 is 2.12 bits per heavy atom. The van der Waals surface area contributed by atoms with Gasteiger partial charge in [-0.15, -0.1) is 0 Å². The van der Waals surface area contributed by atoms with Crippen molar-refractivity contribution >= 4 is 6.03 Å². The van der Waals surface area contributed by atoms with E-state index >= 15 is 0 Å². The topological polar surface area (TPSA) is 59.4 Å². The van der Waals surface area contributed by atoms with Gasteiger partial charge in [0.2, 0.25) is 0 Å². The van der Waals surface area contributed by atoms with Crippen molar-refractivity contribution in [2.75, 3.05) is 20.7 Å². The molecule has 2 aromatic rings. The van der Waals surface area contributed by atoms with E-state index in [2.05, 4.69) is 17.3 Å². The summed E-state index contributed by atoms with van der Waals surface area (Å²) in [7, 11) is 5.38. The highest BCUT2D eigenvalue weighted by Gasteiger charge is 2.13. The smallest absolute Gasteiger partial charge is 0.317 e. The molecule has 0 radical (unpaired) electrons. The van der Waals surface area contributed by atoms with Crippen LogP contribution in [0.25, 0.3) is 0 Å². The second kappa shape index (κ2) is 7.86. The van der Waals surface area contributed by atoms with E-state index in [0.717, 1.165) is 29.1 Å². The van der Waals surface area contributed by atoms with Gasteiger partial charge in [-0.2, -0.15) is 5.10 Å². The van der Waals surface area contributed by atoms with Crippen LogP contribution in [0, 0.1) is 13.8 Å². The maximum Gasteiger partial charge on any atom is 0.317 e. The Morgan fingerprint density at radius 1 is 1.38 bits per heavy atom. The first-order valence-electron chi connectivity index (χ1n) is 8.03. The van der Waals surface area contributed by atoms with Gasteiger partial charge in [-0.3, -0.25) is 4.68 Å². The third-order valence-electron chi connectivity index (χ3n) is 4.28. The molecule has 130 valence electrons. The molecule has 1 heterocycles. The molecule has 6 heteroatoms. The van der Waals surface area contributed by atoms with E-state index in [1.807, 2.05) is 50.0 Å². The summed E-state index contributed by atoms with van der Waals surface area (Å²) in [5, 5.41) is 7.34. The van der Waals surface area contributed by atoms with Crippen molar-refractivity contribution in [3.8, 4) is 5.75 Å². The van der Waals surface area contributed by atoms with Crippen LogP contribution in [0.1, 0.15) is 22.5 Å². The number of aryl methyl sites for hydroxylation is 2. The summed E-state index contributed by atoms with van der Waals surface area (Å²) in [6, 6.07) is 7.60. The maximum absolute atomic E-state index is 12.2. The summed E-state index contributed by atoms with van der Waals surface area (Å²) in [5.74, 6) is 0.789. The summed E-state index contributed by atoms with van der Waals surface area (Å²) < 4.78 is 7.07. The lowest BCUT2D eigenvalue weighted by atomic mass is 10.1. The molecule has 1 N–H and O–H groups in total. The molecule has 0 bridgehead atoms. The van der Waals surface area contributed by atoms with Crippen LogP contribution < -0.4 is 10.1 Å². The van der Waals surface area contributed by atoms with Crippen molar-refractivity contribution in [3.63, 3.8) is 0 Å². The van der Waals surface area contributed by atoms with Gasteiger partial charge < -0.3 is 15.0 Å². The number of carbonyl (C=O) groups excluding carboxylic acids is 1. The number of methoxy groups -OCH3 is 1. The molecule has 0 aliphatic carbocycles. The quantitative estimate of drug-likeness (QED) is 0.885. The lowest BCUT2D eigenvalue weighted by Crippen LogP contribution is -2.38. The first-order chi connectivity index (χ1) is 11.4. The largest absolute Gasteiger partial charge is 0.497 e. The fraction of sp³-hybridized carbons (Fsp3) is 0.444. The van der Waals surface area contributed by atoms with Crippen LogP contribution in [0.5, 0.6) is 5.75 Å². The summed E-state index contributed by atoms with van der Waals surface area (Å²) in [6.45, 7) is 5.19. The Hall–Kier alpha value is -2.50. The number of likely N-dealkylation sites (N-methyl/N-ethyl adjacent to an activating group) is 1. The average Bonchev–Trinajstić information content (AvgIpc) is 2.83. The molecule has 1 aromatic heterocycles. The molecule has 6 nitrogen and oxygen atoms in total. The number of benzene rings is 1. The van der Waals surface area contributed by atoms with Gasteiger partial charge in [-0.1, -0.05) is 12.1 Å². The Kier molecular flexibility index (Phi) is 5.84. The lowest BCUT2D eigenvalue weighted by molar-refractivity contribution is 0.209. The maximum atomic E-state index is 12.2. The standard InChI is InChI=1S/C18H26N4O2/c1-13-17(14(2)22(4)20-13)9-10-21(3)18(23)19-12-15-7-6-8-16(11-15)24-5/h6-8,11H,9-10,12H2,1-5H3,(H,19,23). The Balaban J connectivity index is 1.85. The van der Waals surface area contributed by atoms with Crippen molar-refractivity contribution in [3.05, 3.63) is 46.8 Å². The number of carbonyl (C=O) groups is 1. The third-order valence-corrected chi connectivity index (χ3v) is 4.28. The number of aromatic nitrogens is 2. The number of amides is 2. The van der Waals surface area contributed by atoms with Crippen molar-refractivity contribution < 1.29 is 9.53 Å². The highest BCUT2D eigenvalue weighted by Crippen LogP contribution is 2.13. The SMILES string of the molecule is COc1cccc(CNC(=O)N(C)CCc2c(C)nn(C)c2C)c1. The molecular weight excluding hydrogens is 304 g/mol. The molecule has 0 unspecified atom stereocenters. The summed E-state index contributed by atoms with van der Waals surface area (Å²) >= 11 is 0. The second-order valence-corrected chi connectivity index (χ2v) is 5.95. The number of ether oxygens (including phenoxy) is 1. The van der Waals surface area contributed by atoms with Crippen LogP contribution in [-0.2, 0) is 20.0 Å². The highest BCUT2D eigenvalue weighted by molar-refractivity contribution is 5.73. The van der Waals surface area contributed by atoms with Gasteiger partial charge in [0.05, 0.1) is 12.8 Å². The molecule has 0 saturated heterocycles. The minimum absolute atomic E-state index is 0.0861. The van der Waals surface area contributed by atoms with Crippen molar-refractivity contribution in [1.82, 2.24) is 20.0 Å². The van der Waals surface area contributed by atoms with Crippen LogP contribution in [0.2, 0.25) is 0 Å². The molecule has 0 aliphatic rings. The van der Waals surface area contributed by atoms with Crippen molar-refractivity contribution in [2.45, 2.75) is 26.8 Å². The number of hydrogen-bond donors (Lipinski definition) is 1. The number of nitrogens with one attached hydrogen (secondary N) is 1. The molecule has 0 fully saturated rings. The zero-order valence-corrected chi connectivity index (χ0v) is 15.1. The van der Waals surface area contributed by atoms with E-state index in [1.54, 1.807) is 12.0 Å². The number of rotatable bonds is 6. The predicted molar refractivity (Wildman–Crippen MR) is 94.2 cm³/mol. The summed E-state index contributed by atoms with van der Waals surface area (Å²) in [5.41, 5.74) is 4.40. The highest BCUT2D eigenvalue weighted by atomic mass is 16.5. The first-order valence-corrected chi connectivity index (χ1v) is 8.03. The van der Waals surface area contributed by atoms with Crippen LogP contribution in [0.15, 0.2) is 24.3 Å². The zero-order valence-electron chi connectivity index (χ0n) is 15.1. The second-order valence-electron chi connectivity index (χ2n) is 5.95. The number of hydrogen-bond acceptors (Lipinski definition) is 3. The predicted octanol–water partition coefficient (Wildman–Crippen LogP) is 2.43. The van der Waals surface area contributed by atoms with E-state index in [0.29, 0.717) is 13.1 Å². The molecule has 1 aromatic carbocycles. The summed E-state index contributed by atoms with van der Waals surface area (Å²) in [4.78, 5) is 13.9. The van der Waals surface area contributed by atoms with Crippen LogP contribution in [-0.4, -0.2) is 41.4 Å². The summed E-state index contributed by atoms with van der Waals surface area (Å²) in [6.07, 6.45) is 0.800. The van der Waals surface area contributed by atoms with Crippen LogP contribution in [0.3, 0.4) is 0 Å². The molecule has 0 aliphatic heterocycles. The number of urea groups is 1. The van der Waals surface area contributed by atoms with Gasteiger partial charge in [-0.25, -0.2) is 4.79 Å². The van der Waals surface area contributed by atoms with E-state index < -0.39 is 0 Å². The Bertz CT molecular complexity index is 709. The average molecular weight is 330 g/mol. The zero-order chi connectivity index (χ0) is 17.7. The van der Waals surface area contributed by atoms with Gasteiger partial charge in [0.15, 0.2) is 0 Å². The van der Waals surface area contributed by atoms with Crippen LogP contribution >= 0.6 is 0 Å². The number of nitrogens with zero attached hydrogens (tertiary/aromatic N) is 3. The first kappa shape index (κ1) is 17.8. The molecule has 0 spiro atoms. The van der Waals surface area contributed by atoms with Gasteiger partial charge in [0.25, 0.3) is 0 Å². The molecule has 2 amide bonds. The molecule has 0 atom stereocenters. The van der Waals surface area contributed by atoms with Gasteiger partial charge >= 0.3 is 6.03 Å². The van der Waals surface area contributed by atoms with Crippen LogP contribution in [0.4, 0.5) is 4.79 Å². The minimum atomic E-state index is -0.0861. The van der Waals surface area contributed by atoms with Gasteiger partial charge in [0.1, 0.15) is 5.75 Å². The Morgan fingerprint density at radius 3 is 2.75 bits per heavy atom. The Labute approximate surface area is 143 Å². The monoisotopic (exact) mass is 330 g/mol. The van der Waals surface area contributed by atoms with E-state index in [1.165, 1.54) is 5.56 Å². The van der Waals surface area contributed by atoms with Gasteiger partial charge in [-0.05, 0) is 43.5 Å². The normalized spacial score (nSPS) is 10.5. The van der Waals surface area contributed by atoms with Gasteiger partial charge in [0, 0.05) is 32.9 Å². The van der Waals surface area contributed by atoms with Crippen molar-refractivity contribution in [1.29, 1.82) is 0 Å². The molecule has 24 heavy (non-hydrogen) atoms. The fourth-order valence-corrected chi connectivity index (χ4v) is 2.66. The van der Waals surface area contributed by atoms with E-state index in [4.69, 9.17) is 4.74 Å². The molecule has 0 saturated carbocycles.